The van der Waals surface area contributed by atoms with E-state index >= 15 is 0 Å². The van der Waals surface area contributed by atoms with E-state index in [4.69, 9.17) is 19.9 Å². The Hall–Kier alpha value is -5.48. The molecule has 2 heterocycles. The second-order valence-corrected chi connectivity index (χ2v) is 9.72. The molecule has 2 aromatic heterocycles. The van der Waals surface area contributed by atoms with Gasteiger partial charge in [0.1, 0.15) is 0 Å². The maximum atomic E-state index is 4.81. The summed E-state index contributed by atoms with van der Waals surface area (Å²) in [6.07, 6.45) is 5.29. The Morgan fingerprint density at radius 2 is 1.17 bits per heavy atom. The van der Waals surface area contributed by atoms with Crippen molar-refractivity contribution in [3.63, 3.8) is 0 Å². The standard InChI is InChI=1S/C37H28N4/c1-4-10-26(5-2)35-39-36(31-11-7-6-8-12-31)41-37(40-35)32-23-19-28(20-24-32)27-17-21-29(22-18-27)33-14-9-13-30-16-15-25(3)38-34(30)33/h4-24H,1-2H2,3H3/b26-10+. The predicted octanol–water partition coefficient (Wildman–Crippen LogP) is 9.15. The van der Waals surface area contributed by atoms with Crippen molar-refractivity contribution in [2.45, 2.75) is 6.92 Å². The highest BCUT2D eigenvalue weighted by Gasteiger charge is 2.13. The van der Waals surface area contributed by atoms with Crippen LogP contribution < -0.4 is 0 Å². The van der Waals surface area contributed by atoms with Gasteiger partial charge in [-0.15, -0.1) is 0 Å². The third-order valence-corrected chi connectivity index (χ3v) is 6.97. The van der Waals surface area contributed by atoms with Crippen LogP contribution in [-0.4, -0.2) is 19.9 Å². The summed E-state index contributed by atoms with van der Waals surface area (Å²) < 4.78 is 0. The second kappa shape index (κ2) is 11.3. The fourth-order valence-corrected chi connectivity index (χ4v) is 4.84. The van der Waals surface area contributed by atoms with Crippen molar-refractivity contribution in [2.75, 3.05) is 0 Å². The first-order valence-corrected chi connectivity index (χ1v) is 13.5. The van der Waals surface area contributed by atoms with Crippen LogP contribution in [0.25, 0.3) is 61.5 Å². The van der Waals surface area contributed by atoms with Gasteiger partial charge in [0.05, 0.1) is 5.52 Å². The van der Waals surface area contributed by atoms with Gasteiger partial charge >= 0.3 is 0 Å². The van der Waals surface area contributed by atoms with Gasteiger partial charge in [-0.3, -0.25) is 4.98 Å². The number of fused-ring (bicyclic) bond motifs is 1. The van der Waals surface area contributed by atoms with Crippen molar-refractivity contribution in [1.29, 1.82) is 0 Å². The quantitative estimate of drug-likeness (QED) is 0.194. The number of aryl methyl sites for hydroxylation is 1. The van der Waals surface area contributed by atoms with E-state index in [-0.39, 0.29) is 0 Å². The molecule has 6 aromatic rings. The number of benzene rings is 4. The Morgan fingerprint density at radius 3 is 1.80 bits per heavy atom. The lowest BCUT2D eigenvalue weighted by Crippen LogP contribution is -2.02. The molecule has 41 heavy (non-hydrogen) atoms. The van der Waals surface area contributed by atoms with Crippen LogP contribution in [-0.2, 0) is 0 Å². The summed E-state index contributed by atoms with van der Waals surface area (Å²) in [5, 5.41) is 1.14. The van der Waals surface area contributed by atoms with Gasteiger partial charge in [0.25, 0.3) is 0 Å². The number of aromatic nitrogens is 4. The molecule has 0 aliphatic heterocycles. The number of hydrogen-bond acceptors (Lipinski definition) is 4. The van der Waals surface area contributed by atoms with Crippen LogP contribution in [0.2, 0.25) is 0 Å². The van der Waals surface area contributed by atoms with Gasteiger partial charge < -0.3 is 0 Å². The van der Waals surface area contributed by atoms with Crippen molar-refractivity contribution in [3.8, 4) is 45.0 Å². The molecule has 196 valence electrons. The van der Waals surface area contributed by atoms with E-state index < -0.39 is 0 Å². The number of pyridine rings is 1. The topological polar surface area (TPSA) is 51.6 Å². The summed E-state index contributed by atoms with van der Waals surface area (Å²) in [6.45, 7) is 9.77. The Kier molecular flexibility index (Phi) is 7.12. The minimum Gasteiger partial charge on any atom is -0.252 e. The van der Waals surface area contributed by atoms with Crippen molar-refractivity contribution in [1.82, 2.24) is 19.9 Å². The minimum atomic E-state index is 0.557. The lowest BCUT2D eigenvalue weighted by Gasteiger charge is -2.10. The predicted molar refractivity (Wildman–Crippen MR) is 170 cm³/mol. The first-order valence-electron chi connectivity index (χ1n) is 13.5. The normalized spacial score (nSPS) is 11.4. The second-order valence-electron chi connectivity index (χ2n) is 9.72. The summed E-state index contributed by atoms with van der Waals surface area (Å²) in [6, 6.07) is 37.4. The van der Waals surface area contributed by atoms with E-state index in [2.05, 4.69) is 92.0 Å². The zero-order chi connectivity index (χ0) is 28.2. The lowest BCUT2D eigenvalue weighted by atomic mass is 9.98. The van der Waals surface area contributed by atoms with Gasteiger partial charge in [-0.2, -0.15) is 0 Å². The monoisotopic (exact) mass is 528 g/mol. The molecule has 4 heteroatoms. The molecule has 0 bridgehead atoms. The Morgan fingerprint density at radius 1 is 0.561 bits per heavy atom. The van der Waals surface area contributed by atoms with E-state index in [1.807, 2.05) is 43.3 Å². The number of nitrogens with zero attached hydrogens (tertiary/aromatic N) is 4. The molecule has 4 nitrogen and oxygen atoms in total. The number of allylic oxidation sites excluding steroid dienone is 4. The molecule has 0 saturated carbocycles. The van der Waals surface area contributed by atoms with Crippen LogP contribution in [0.4, 0.5) is 0 Å². The Bertz CT molecular complexity index is 1900. The molecule has 0 aliphatic rings. The first kappa shape index (κ1) is 25.8. The van der Waals surface area contributed by atoms with Gasteiger partial charge in [-0.1, -0.05) is 135 Å². The molecule has 0 N–H and O–H groups in total. The van der Waals surface area contributed by atoms with Gasteiger partial charge in [-0.05, 0) is 29.7 Å². The third-order valence-electron chi connectivity index (χ3n) is 6.97. The van der Waals surface area contributed by atoms with Crippen LogP contribution in [0.1, 0.15) is 11.5 Å². The highest BCUT2D eigenvalue weighted by atomic mass is 15.0. The Labute approximate surface area is 240 Å². The molecule has 0 fully saturated rings. The fourth-order valence-electron chi connectivity index (χ4n) is 4.84. The van der Waals surface area contributed by atoms with Gasteiger partial charge in [0.15, 0.2) is 17.5 Å². The van der Waals surface area contributed by atoms with E-state index in [0.29, 0.717) is 17.5 Å². The summed E-state index contributed by atoms with van der Waals surface area (Å²) >= 11 is 0. The van der Waals surface area contributed by atoms with Crippen LogP contribution in [0.5, 0.6) is 0 Å². The van der Waals surface area contributed by atoms with Gasteiger partial charge in [0, 0.05) is 33.3 Å². The summed E-state index contributed by atoms with van der Waals surface area (Å²) in [5.41, 5.74) is 9.19. The molecule has 0 saturated heterocycles. The SMILES string of the molecule is C=C/C=C(\C=C)c1nc(-c2ccccc2)nc(-c2ccc(-c3ccc(-c4cccc5ccc(C)nc45)cc3)cc2)n1. The maximum absolute atomic E-state index is 4.81. The largest absolute Gasteiger partial charge is 0.252 e. The van der Waals surface area contributed by atoms with Crippen LogP contribution >= 0.6 is 0 Å². The minimum absolute atomic E-state index is 0.557. The van der Waals surface area contributed by atoms with Gasteiger partial charge in [-0.25, -0.2) is 15.0 Å². The van der Waals surface area contributed by atoms with Crippen molar-refractivity contribution < 1.29 is 0 Å². The third kappa shape index (κ3) is 5.36. The highest BCUT2D eigenvalue weighted by Crippen LogP contribution is 2.31. The smallest absolute Gasteiger partial charge is 0.164 e. The number of para-hydroxylation sites is 1. The molecular formula is C37H28N4. The zero-order valence-corrected chi connectivity index (χ0v) is 22.8. The van der Waals surface area contributed by atoms with Gasteiger partial charge in [0.2, 0.25) is 0 Å². The van der Waals surface area contributed by atoms with Crippen molar-refractivity contribution in [2.24, 2.45) is 0 Å². The summed E-state index contributed by atoms with van der Waals surface area (Å²) in [7, 11) is 0. The van der Waals surface area contributed by atoms with Crippen molar-refractivity contribution in [3.05, 3.63) is 152 Å². The molecule has 6 rings (SSSR count). The molecule has 0 amide bonds. The average Bonchev–Trinajstić information content (AvgIpc) is 3.03. The van der Waals surface area contributed by atoms with Crippen LogP contribution in [0, 0.1) is 6.92 Å². The first-order chi connectivity index (χ1) is 20.1. The summed E-state index contributed by atoms with van der Waals surface area (Å²) in [5.74, 6) is 1.77. The van der Waals surface area contributed by atoms with E-state index in [1.54, 1.807) is 12.2 Å². The van der Waals surface area contributed by atoms with Crippen LogP contribution in [0.3, 0.4) is 0 Å². The molecule has 0 unspecified atom stereocenters. The highest BCUT2D eigenvalue weighted by molar-refractivity contribution is 5.94. The van der Waals surface area contributed by atoms with E-state index in [0.717, 1.165) is 55.6 Å². The molecular weight excluding hydrogens is 500 g/mol. The fraction of sp³-hybridized carbons (Fsp3) is 0.0270. The number of rotatable bonds is 7. The van der Waals surface area contributed by atoms with Crippen molar-refractivity contribution >= 4 is 16.5 Å². The molecule has 0 aliphatic carbocycles. The zero-order valence-electron chi connectivity index (χ0n) is 22.8. The summed E-state index contributed by atoms with van der Waals surface area (Å²) in [4.78, 5) is 19.1. The number of hydrogen-bond donors (Lipinski definition) is 0. The maximum Gasteiger partial charge on any atom is 0.164 e. The molecule has 0 spiro atoms. The van der Waals surface area contributed by atoms with E-state index in [1.165, 1.54) is 0 Å². The van der Waals surface area contributed by atoms with E-state index in [9.17, 15) is 0 Å². The lowest BCUT2D eigenvalue weighted by molar-refractivity contribution is 1.04. The molecule has 0 radical (unpaired) electrons. The molecule has 0 atom stereocenters. The Balaban J connectivity index is 1.34. The molecule has 4 aromatic carbocycles. The average molecular weight is 529 g/mol. The van der Waals surface area contributed by atoms with Crippen LogP contribution in [0.15, 0.2) is 141 Å².